The minimum absolute atomic E-state index is 0.0688. The molecule has 40 heavy (non-hydrogen) atoms. The number of aliphatic hydroxyl groups excluding tert-OH is 1. The molecule has 2 atom stereocenters. The number of nitrogen functional groups attached to an aromatic ring is 1. The average molecular weight is 584 g/mol. The van der Waals surface area contributed by atoms with Gasteiger partial charge in [0.15, 0.2) is 17.7 Å². The number of amides is 1. The third-order valence-corrected chi connectivity index (χ3v) is 7.83. The van der Waals surface area contributed by atoms with Crippen molar-refractivity contribution in [2.24, 2.45) is 5.73 Å². The lowest BCUT2D eigenvalue weighted by atomic mass is 9.94. The number of ether oxygens (including phenoxy) is 1. The molecule has 0 bridgehead atoms. The summed E-state index contributed by atoms with van der Waals surface area (Å²) in [5, 5.41) is 22.3. The van der Waals surface area contributed by atoms with Crippen molar-refractivity contribution in [3.05, 3.63) is 75.5 Å². The van der Waals surface area contributed by atoms with Crippen LogP contribution in [0.15, 0.2) is 48.7 Å². The fourth-order valence-corrected chi connectivity index (χ4v) is 5.64. The fourth-order valence-electron chi connectivity index (χ4n) is 5.13. The number of likely N-dealkylation sites (tertiary alicyclic amines) is 1. The number of nitrogens with zero attached hydrogens (tertiary/aromatic N) is 2. The van der Waals surface area contributed by atoms with Crippen LogP contribution in [0, 0.1) is 0 Å². The zero-order valence-corrected chi connectivity index (χ0v) is 22.7. The molecule has 208 valence electrons. The normalized spacial score (nSPS) is 15.3. The highest BCUT2D eigenvalue weighted by molar-refractivity contribution is 6.35. The number of aromatic nitrogens is 2. The number of aromatic carboxylic acids is 1. The Kier molecular flexibility index (Phi) is 7.86. The second kappa shape index (κ2) is 11.3. The summed E-state index contributed by atoms with van der Waals surface area (Å²) in [5.41, 5.74) is 14.2. The topological polar surface area (TPSA) is 168 Å². The molecule has 4 aromatic rings. The number of nitrogens with one attached hydrogen (secondary N) is 1. The molecular formula is C28H27Cl2N5O5. The van der Waals surface area contributed by atoms with Gasteiger partial charge in [-0.15, -0.1) is 0 Å². The van der Waals surface area contributed by atoms with E-state index in [1.165, 1.54) is 0 Å². The highest BCUT2D eigenvalue weighted by Gasteiger charge is 2.37. The van der Waals surface area contributed by atoms with Gasteiger partial charge in [-0.2, -0.15) is 0 Å². The number of halogens is 2. The van der Waals surface area contributed by atoms with Crippen LogP contribution in [-0.2, 0) is 11.4 Å². The molecular weight excluding hydrogens is 557 g/mol. The van der Waals surface area contributed by atoms with Crippen molar-refractivity contribution in [1.82, 2.24) is 14.9 Å². The molecule has 10 nitrogen and oxygen atoms in total. The molecule has 1 fully saturated rings. The van der Waals surface area contributed by atoms with Gasteiger partial charge in [0.1, 0.15) is 12.3 Å². The highest BCUT2D eigenvalue weighted by atomic mass is 35.5. The maximum absolute atomic E-state index is 12.3. The average Bonchev–Trinajstić information content (AvgIpc) is 3.58. The molecule has 7 N–H and O–H groups in total. The maximum atomic E-state index is 12.3. The monoisotopic (exact) mass is 583 g/mol. The lowest BCUT2D eigenvalue weighted by molar-refractivity contribution is -0.129. The number of hydrogen-bond acceptors (Lipinski definition) is 7. The molecule has 0 saturated carbocycles. The lowest BCUT2D eigenvalue weighted by Crippen LogP contribution is -2.42. The Hall–Kier alpha value is -3.83. The molecule has 0 aliphatic carbocycles. The summed E-state index contributed by atoms with van der Waals surface area (Å²) in [7, 11) is 0. The van der Waals surface area contributed by atoms with Crippen molar-refractivity contribution in [3.8, 4) is 16.9 Å². The first-order chi connectivity index (χ1) is 19.2. The van der Waals surface area contributed by atoms with Crippen LogP contribution in [-0.4, -0.2) is 56.2 Å². The van der Waals surface area contributed by atoms with Crippen molar-refractivity contribution in [1.29, 1.82) is 0 Å². The lowest BCUT2D eigenvalue weighted by Gasteiger charge is -2.30. The molecule has 3 heterocycles. The van der Waals surface area contributed by atoms with Gasteiger partial charge >= 0.3 is 5.97 Å². The van der Waals surface area contributed by atoms with Crippen molar-refractivity contribution in [2.45, 2.75) is 31.6 Å². The predicted molar refractivity (Wildman–Crippen MR) is 152 cm³/mol. The summed E-state index contributed by atoms with van der Waals surface area (Å²) >= 11 is 12.5. The van der Waals surface area contributed by atoms with Gasteiger partial charge in [0.2, 0.25) is 5.91 Å². The second-order valence-corrected chi connectivity index (χ2v) is 10.4. The number of fused-ring (bicyclic) bond motifs is 1. The number of H-pyrrole nitrogens is 1. The fraction of sp³-hybridized carbons (Fsp3) is 0.250. The Morgan fingerprint density at radius 3 is 2.45 bits per heavy atom. The predicted octanol–water partition coefficient (Wildman–Crippen LogP) is 4.38. The van der Waals surface area contributed by atoms with Crippen LogP contribution in [0.25, 0.3) is 22.0 Å². The Morgan fingerprint density at radius 1 is 1.10 bits per heavy atom. The number of nitrogens with two attached hydrogens (primary N) is 2. The summed E-state index contributed by atoms with van der Waals surface area (Å²) in [6.45, 7) is 1.26. The van der Waals surface area contributed by atoms with Gasteiger partial charge in [-0.25, -0.2) is 9.78 Å². The van der Waals surface area contributed by atoms with E-state index in [1.807, 2.05) is 4.90 Å². The highest BCUT2D eigenvalue weighted by Crippen LogP contribution is 2.38. The number of carboxylic acid groups (broad SMARTS) is 1. The molecule has 5 rings (SSSR count). The first kappa shape index (κ1) is 27.7. The SMILES string of the molecule is NC(=O)C(O)C(c1c(C(=O)O)[nH]c2ccc(-c3cnc(N)c(OCc4c(Cl)cccc4Cl)c3)cc12)N1CCCC1. The summed E-state index contributed by atoms with van der Waals surface area (Å²) in [4.78, 5) is 33.5. The Labute approximate surface area is 239 Å². The molecule has 2 unspecified atom stereocenters. The Morgan fingerprint density at radius 2 is 1.80 bits per heavy atom. The quantitative estimate of drug-likeness (QED) is 0.193. The van der Waals surface area contributed by atoms with Crippen LogP contribution in [0.4, 0.5) is 5.82 Å². The number of benzene rings is 2. The molecule has 1 aliphatic rings. The van der Waals surface area contributed by atoms with Crippen molar-refractivity contribution < 1.29 is 24.5 Å². The van der Waals surface area contributed by atoms with Gasteiger partial charge in [-0.3, -0.25) is 9.69 Å². The number of hydrogen-bond donors (Lipinski definition) is 5. The molecule has 2 aromatic carbocycles. The summed E-state index contributed by atoms with van der Waals surface area (Å²) in [6, 6.07) is 11.3. The van der Waals surface area contributed by atoms with Crippen LogP contribution >= 0.6 is 23.2 Å². The second-order valence-electron chi connectivity index (χ2n) is 9.61. The molecule has 2 aromatic heterocycles. The van der Waals surface area contributed by atoms with Crippen LogP contribution in [0.1, 0.15) is 40.5 Å². The van der Waals surface area contributed by atoms with E-state index in [0.29, 0.717) is 62.0 Å². The van der Waals surface area contributed by atoms with E-state index < -0.39 is 24.0 Å². The number of primary amides is 1. The van der Waals surface area contributed by atoms with E-state index >= 15 is 0 Å². The number of carbonyl (C=O) groups is 2. The molecule has 1 aliphatic heterocycles. The Balaban J connectivity index is 1.57. The third kappa shape index (κ3) is 5.31. The van der Waals surface area contributed by atoms with E-state index in [9.17, 15) is 19.8 Å². The molecule has 0 radical (unpaired) electrons. The molecule has 12 heteroatoms. The number of carbonyl (C=O) groups excluding carboxylic acids is 1. The van der Waals surface area contributed by atoms with Gasteiger partial charge in [0.05, 0.1) is 6.04 Å². The number of rotatable bonds is 9. The first-order valence-electron chi connectivity index (χ1n) is 12.6. The summed E-state index contributed by atoms with van der Waals surface area (Å²) in [6.07, 6.45) is 1.69. The molecule has 0 spiro atoms. The van der Waals surface area contributed by atoms with Gasteiger partial charge in [-0.1, -0.05) is 35.3 Å². The van der Waals surface area contributed by atoms with Crippen LogP contribution < -0.4 is 16.2 Å². The van der Waals surface area contributed by atoms with E-state index in [2.05, 4.69) is 9.97 Å². The van der Waals surface area contributed by atoms with Crippen LogP contribution in [0.2, 0.25) is 10.0 Å². The largest absolute Gasteiger partial charge is 0.485 e. The molecule has 1 amide bonds. The van der Waals surface area contributed by atoms with Crippen LogP contribution in [0.3, 0.4) is 0 Å². The van der Waals surface area contributed by atoms with E-state index in [0.717, 1.165) is 12.8 Å². The zero-order valence-electron chi connectivity index (χ0n) is 21.2. The van der Waals surface area contributed by atoms with Crippen molar-refractivity contribution in [2.75, 3.05) is 18.8 Å². The van der Waals surface area contributed by atoms with E-state index in [-0.39, 0.29) is 18.1 Å². The van der Waals surface area contributed by atoms with E-state index in [1.54, 1.807) is 48.7 Å². The van der Waals surface area contributed by atoms with Crippen molar-refractivity contribution >= 4 is 51.8 Å². The third-order valence-electron chi connectivity index (χ3n) is 7.12. The number of pyridine rings is 1. The summed E-state index contributed by atoms with van der Waals surface area (Å²) in [5.74, 6) is -1.66. The van der Waals surface area contributed by atoms with Gasteiger partial charge in [0.25, 0.3) is 0 Å². The van der Waals surface area contributed by atoms with Crippen LogP contribution in [0.5, 0.6) is 5.75 Å². The number of carboxylic acids is 1. The smallest absolute Gasteiger partial charge is 0.352 e. The first-order valence-corrected chi connectivity index (χ1v) is 13.3. The van der Waals surface area contributed by atoms with Gasteiger partial charge in [-0.05, 0) is 61.8 Å². The van der Waals surface area contributed by atoms with Gasteiger partial charge in [0, 0.05) is 43.8 Å². The number of aromatic amines is 1. The maximum Gasteiger partial charge on any atom is 0.352 e. The number of anilines is 1. The minimum atomic E-state index is -1.60. The zero-order chi connectivity index (χ0) is 28.6. The summed E-state index contributed by atoms with van der Waals surface area (Å²) < 4.78 is 5.93. The standard InChI is InChI=1S/C28H27Cl2N5O5/c29-18-4-3-5-19(30)17(18)13-40-21-11-15(12-33-26(21)31)14-6-7-20-16(10-14)22(23(34-20)28(38)39)24(25(36)27(32)37)35-8-1-2-9-35/h3-7,10-12,24-25,34,36H,1-2,8-9,13H2,(H2,31,33)(H2,32,37)(H,38,39). The number of aliphatic hydroxyl groups is 1. The molecule has 1 saturated heterocycles. The minimum Gasteiger partial charge on any atom is -0.485 e. The van der Waals surface area contributed by atoms with E-state index in [4.69, 9.17) is 39.4 Å². The Bertz CT molecular complexity index is 1580. The van der Waals surface area contributed by atoms with Crippen molar-refractivity contribution in [3.63, 3.8) is 0 Å². The van der Waals surface area contributed by atoms with Gasteiger partial charge < -0.3 is 31.4 Å².